The molecule has 0 aromatic carbocycles. The molecule has 6 nitrogen and oxygen atoms in total. The predicted octanol–water partition coefficient (Wildman–Crippen LogP) is 2.23. The van der Waals surface area contributed by atoms with E-state index in [1.807, 2.05) is 17.0 Å². The maximum Gasteiger partial charge on any atom is 0.222 e. The standard InChI is InChI=1S/C16H21N5O/c1-2-12(21-10-4-6-14(21)22)7-9-18-16-13-5-3-8-17-15(13)19-11-20-16/h3,5,8,11-12H,2,4,6-7,9-10H2,1H3,(H,17,18,19,20)/t12-/m0/s1. The van der Waals surface area contributed by atoms with Crippen LogP contribution in [0.2, 0.25) is 0 Å². The Morgan fingerprint density at radius 2 is 2.27 bits per heavy atom. The van der Waals surface area contributed by atoms with Crippen molar-refractivity contribution in [2.24, 2.45) is 0 Å². The van der Waals surface area contributed by atoms with Gasteiger partial charge in [-0.15, -0.1) is 0 Å². The van der Waals surface area contributed by atoms with Crippen LogP contribution in [0.3, 0.4) is 0 Å². The Bertz CT molecular complexity index is 655. The highest BCUT2D eigenvalue weighted by molar-refractivity contribution is 5.85. The number of carbonyl (C=O) groups is 1. The van der Waals surface area contributed by atoms with Crippen LogP contribution in [0.25, 0.3) is 11.0 Å². The average Bonchev–Trinajstić information content (AvgIpc) is 2.98. The molecule has 0 spiro atoms. The number of hydrogen-bond donors (Lipinski definition) is 1. The minimum atomic E-state index is 0.295. The van der Waals surface area contributed by atoms with Crippen LogP contribution >= 0.6 is 0 Å². The van der Waals surface area contributed by atoms with Crippen LogP contribution in [-0.2, 0) is 4.79 Å². The van der Waals surface area contributed by atoms with Gasteiger partial charge in [-0.25, -0.2) is 15.0 Å². The largest absolute Gasteiger partial charge is 0.369 e. The molecule has 3 rings (SSSR count). The molecule has 0 saturated carbocycles. The number of pyridine rings is 1. The van der Waals surface area contributed by atoms with E-state index in [4.69, 9.17) is 0 Å². The van der Waals surface area contributed by atoms with Crippen molar-refractivity contribution >= 4 is 22.8 Å². The van der Waals surface area contributed by atoms with E-state index in [2.05, 4.69) is 27.2 Å². The number of rotatable bonds is 6. The molecule has 0 bridgehead atoms. The second-order valence-corrected chi connectivity index (χ2v) is 5.57. The molecule has 2 aromatic heterocycles. The van der Waals surface area contributed by atoms with Crippen molar-refractivity contribution < 1.29 is 4.79 Å². The van der Waals surface area contributed by atoms with Crippen molar-refractivity contribution in [3.8, 4) is 0 Å². The molecule has 1 aliphatic rings. The second-order valence-electron chi connectivity index (χ2n) is 5.57. The van der Waals surface area contributed by atoms with E-state index >= 15 is 0 Å². The van der Waals surface area contributed by atoms with Gasteiger partial charge in [-0.1, -0.05) is 6.92 Å². The lowest BCUT2D eigenvalue weighted by Crippen LogP contribution is -2.37. The smallest absolute Gasteiger partial charge is 0.222 e. The van der Waals surface area contributed by atoms with Gasteiger partial charge >= 0.3 is 0 Å². The Labute approximate surface area is 130 Å². The minimum Gasteiger partial charge on any atom is -0.369 e. The number of nitrogens with zero attached hydrogens (tertiary/aromatic N) is 4. The van der Waals surface area contributed by atoms with Crippen LogP contribution in [0, 0.1) is 0 Å². The number of fused-ring (bicyclic) bond motifs is 1. The first-order chi connectivity index (χ1) is 10.8. The lowest BCUT2D eigenvalue weighted by Gasteiger charge is -2.27. The van der Waals surface area contributed by atoms with Gasteiger partial charge in [0.2, 0.25) is 5.91 Å². The third kappa shape index (κ3) is 3.00. The van der Waals surface area contributed by atoms with E-state index < -0.39 is 0 Å². The van der Waals surface area contributed by atoms with Crippen LogP contribution in [0.4, 0.5) is 5.82 Å². The Morgan fingerprint density at radius 3 is 3.05 bits per heavy atom. The molecule has 0 unspecified atom stereocenters. The first kappa shape index (κ1) is 14.7. The Kier molecular flexibility index (Phi) is 4.46. The van der Waals surface area contributed by atoms with E-state index in [0.717, 1.165) is 43.6 Å². The zero-order valence-electron chi connectivity index (χ0n) is 12.8. The lowest BCUT2D eigenvalue weighted by atomic mass is 10.1. The molecule has 6 heteroatoms. The molecule has 1 amide bonds. The molecular formula is C16H21N5O. The van der Waals surface area contributed by atoms with Crippen molar-refractivity contribution in [3.63, 3.8) is 0 Å². The molecule has 22 heavy (non-hydrogen) atoms. The fourth-order valence-corrected chi connectivity index (χ4v) is 3.03. The van der Waals surface area contributed by atoms with E-state index in [-0.39, 0.29) is 0 Å². The zero-order chi connectivity index (χ0) is 15.4. The highest BCUT2D eigenvalue weighted by Crippen LogP contribution is 2.20. The zero-order valence-corrected chi connectivity index (χ0v) is 12.8. The number of aromatic nitrogens is 3. The van der Waals surface area contributed by atoms with Crippen LogP contribution in [-0.4, -0.2) is 44.9 Å². The summed E-state index contributed by atoms with van der Waals surface area (Å²) < 4.78 is 0. The first-order valence-corrected chi connectivity index (χ1v) is 7.88. The molecule has 1 aliphatic heterocycles. The molecule has 2 aromatic rings. The molecule has 1 atom stereocenters. The van der Waals surface area contributed by atoms with Crippen molar-refractivity contribution in [1.29, 1.82) is 0 Å². The molecular weight excluding hydrogens is 278 g/mol. The molecule has 0 aliphatic carbocycles. The SMILES string of the molecule is CC[C@@H](CCNc1ncnc2ncccc12)N1CCCC1=O. The fraction of sp³-hybridized carbons (Fsp3) is 0.500. The molecule has 1 fully saturated rings. The van der Waals surface area contributed by atoms with Crippen LogP contribution in [0.15, 0.2) is 24.7 Å². The van der Waals surface area contributed by atoms with Gasteiger partial charge in [0, 0.05) is 31.7 Å². The molecule has 3 heterocycles. The quantitative estimate of drug-likeness (QED) is 0.885. The minimum absolute atomic E-state index is 0.295. The van der Waals surface area contributed by atoms with Crippen molar-refractivity contribution in [3.05, 3.63) is 24.7 Å². The summed E-state index contributed by atoms with van der Waals surface area (Å²) in [5.41, 5.74) is 0.696. The number of carbonyl (C=O) groups excluding carboxylic acids is 1. The number of nitrogens with one attached hydrogen (secondary N) is 1. The highest BCUT2D eigenvalue weighted by Gasteiger charge is 2.26. The third-order valence-corrected chi connectivity index (χ3v) is 4.20. The van der Waals surface area contributed by atoms with Gasteiger partial charge < -0.3 is 10.2 Å². The number of anilines is 1. The van der Waals surface area contributed by atoms with E-state index in [1.54, 1.807) is 6.20 Å². The van der Waals surface area contributed by atoms with Gasteiger partial charge in [-0.3, -0.25) is 4.79 Å². The van der Waals surface area contributed by atoms with Gasteiger partial charge in [0.25, 0.3) is 0 Å². The topological polar surface area (TPSA) is 71.0 Å². The Balaban J connectivity index is 1.63. The summed E-state index contributed by atoms with van der Waals surface area (Å²) in [6, 6.07) is 4.16. The summed E-state index contributed by atoms with van der Waals surface area (Å²) >= 11 is 0. The van der Waals surface area contributed by atoms with Gasteiger partial charge in [-0.2, -0.15) is 0 Å². The van der Waals surface area contributed by atoms with E-state index in [9.17, 15) is 4.79 Å². The first-order valence-electron chi connectivity index (χ1n) is 7.88. The van der Waals surface area contributed by atoms with Gasteiger partial charge in [0.1, 0.15) is 12.1 Å². The summed E-state index contributed by atoms with van der Waals surface area (Å²) in [4.78, 5) is 26.6. The molecule has 1 saturated heterocycles. The summed E-state index contributed by atoms with van der Waals surface area (Å²) in [5.74, 6) is 1.10. The second kappa shape index (κ2) is 6.68. The van der Waals surface area contributed by atoms with E-state index in [1.165, 1.54) is 6.33 Å². The molecule has 116 valence electrons. The summed E-state index contributed by atoms with van der Waals surface area (Å²) in [6.07, 6.45) is 6.86. The van der Waals surface area contributed by atoms with Crippen LogP contribution in [0.5, 0.6) is 0 Å². The maximum absolute atomic E-state index is 11.9. The third-order valence-electron chi connectivity index (χ3n) is 4.20. The van der Waals surface area contributed by atoms with Crippen molar-refractivity contribution in [1.82, 2.24) is 19.9 Å². The summed E-state index contributed by atoms with van der Waals surface area (Å²) in [7, 11) is 0. The van der Waals surface area contributed by atoms with Crippen molar-refractivity contribution in [2.45, 2.75) is 38.6 Å². The lowest BCUT2D eigenvalue weighted by molar-refractivity contribution is -0.129. The van der Waals surface area contributed by atoms with Crippen LogP contribution < -0.4 is 5.32 Å². The van der Waals surface area contributed by atoms with E-state index in [0.29, 0.717) is 24.0 Å². The number of amides is 1. The van der Waals surface area contributed by atoms with Gasteiger partial charge in [0.15, 0.2) is 5.65 Å². The van der Waals surface area contributed by atoms with Crippen LogP contribution in [0.1, 0.15) is 32.6 Å². The Morgan fingerprint density at radius 1 is 1.36 bits per heavy atom. The highest BCUT2D eigenvalue weighted by atomic mass is 16.2. The summed E-state index contributed by atoms with van der Waals surface area (Å²) in [5, 5.41) is 4.29. The monoisotopic (exact) mass is 299 g/mol. The fourth-order valence-electron chi connectivity index (χ4n) is 3.03. The maximum atomic E-state index is 11.9. The normalized spacial score (nSPS) is 16.2. The predicted molar refractivity (Wildman–Crippen MR) is 85.5 cm³/mol. The Hall–Kier alpha value is -2.24. The average molecular weight is 299 g/mol. The summed E-state index contributed by atoms with van der Waals surface area (Å²) in [6.45, 7) is 3.82. The van der Waals surface area contributed by atoms with Gasteiger partial charge in [-0.05, 0) is 31.4 Å². The number of likely N-dealkylation sites (tertiary alicyclic amines) is 1. The van der Waals surface area contributed by atoms with Gasteiger partial charge in [0.05, 0.1) is 5.39 Å². The van der Waals surface area contributed by atoms with Crippen molar-refractivity contribution in [2.75, 3.05) is 18.4 Å². The number of hydrogen-bond acceptors (Lipinski definition) is 5. The molecule has 1 N–H and O–H groups in total. The molecule has 0 radical (unpaired) electrons.